The van der Waals surface area contributed by atoms with E-state index in [1.165, 1.54) is 0 Å². The van der Waals surface area contributed by atoms with E-state index < -0.39 is 0 Å². The van der Waals surface area contributed by atoms with Crippen molar-refractivity contribution in [1.29, 1.82) is 0 Å². The van der Waals surface area contributed by atoms with E-state index in [1.807, 2.05) is 39.0 Å². The van der Waals surface area contributed by atoms with Crippen LogP contribution in [0.15, 0.2) is 18.2 Å². The van der Waals surface area contributed by atoms with Crippen LogP contribution in [-0.2, 0) is 4.79 Å². The monoisotopic (exact) mass is 227 g/mol. The maximum Gasteiger partial charge on any atom is 0.213 e. The van der Waals surface area contributed by atoms with E-state index in [4.69, 9.17) is 11.6 Å². The maximum absolute atomic E-state index is 10.5. The van der Waals surface area contributed by atoms with Crippen LogP contribution in [0.1, 0.15) is 18.1 Å². The van der Waals surface area contributed by atoms with Crippen LogP contribution in [0, 0.1) is 13.8 Å². The van der Waals surface area contributed by atoms with Gasteiger partial charge in [0.1, 0.15) is 0 Å². The molecule has 1 amide bonds. The summed E-state index contributed by atoms with van der Waals surface area (Å²) in [6.45, 7) is 5.90. The quantitative estimate of drug-likeness (QED) is 0.562. The molecule has 0 unspecified atom stereocenters. The van der Waals surface area contributed by atoms with Crippen molar-refractivity contribution < 1.29 is 4.79 Å². The number of anilines is 1. The molecule has 84 valence electrons. The van der Waals surface area contributed by atoms with Crippen molar-refractivity contribution in [2.75, 3.05) is 17.8 Å². The van der Waals surface area contributed by atoms with Gasteiger partial charge in [0, 0.05) is 18.6 Å². The molecule has 0 fully saturated rings. The number of nitrogens with zero attached hydrogens (tertiary/aromatic N) is 1. The standard InChI is InChI=1S/C10H13NO.C2H5Cl/c1-8-5-4-6-9(2)10(8)11(3)7-12;1-2-3/h4-7H,1-3H3;2H2,1H3. The van der Waals surface area contributed by atoms with Gasteiger partial charge in [-0.1, -0.05) is 25.1 Å². The van der Waals surface area contributed by atoms with Gasteiger partial charge >= 0.3 is 0 Å². The molecule has 0 saturated heterocycles. The lowest BCUT2D eigenvalue weighted by Gasteiger charge is -2.16. The summed E-state index contributed by atoms with van der Waals surface area (Å²) in [5.74, 6) is 0.722. The molecule has 3 heteroatoms. The fourth-order valence-electron chi connectivity index (χ4n) is 1.41. The molecular formula is C12H18ClNO. The topological polar surface area (TPSA) is 20.3 Å². The van der Waals surface area contributed by atoms with Crippen LogP contribution in [0.2, 0.25) is 0 Å². The molecule has 0 spiro atoms. The van der Waals surface area contributed by atoms with Gasteiger partial charge in [0.15, 0.2) is 0 Å². The van der Waals surface area contributed by atoms with Crippen LogP contribution in [0.25, 0.3) is 0 Å². The van der Waals surface area contributed by atoms with Crippen molar-refractivity contribution in [3.8, 4) is 0 Å². The minimum atomic E-state index is 0.722. The van der Waals surface area contributed by atoms with Gasteiger partial charge in [0.2, 0.25) is 6.41 Å². The number of aryl methyl sites for hydroxylation is 2. The summed E-state index contributed by atoms with van der Waals surface area (Å²) in [7, 11) is 1.77. The molecule has 0 bridgehead atoms. The molecule has 0 radical (unpaired) electrons. The van der Waals surface area contributed by atoms with Crippen molar-refractivity contribution in [2.45, 2.75) is 20.8 Å². The van der Waals surface area contributed by atoms with E-state index >= 15 is 0 Å². The average molecular weight is 228 g/mol. The number of rotatable bonds is 2. The summed E-state index contributed by atoms with van der Waals surface area (Å²) in [6.07, 6.45) is 0.829. The number of benzene rings is 1. The summed E-state index contributed by atoms with van der Waals surface area (Å²) in [4.78, 5) is 12.1. The lowest BCUT2D eigenvalue weighted by molar-refractivity contribution is -0.107. The van der Waals surface area contributed by atoms with Gasteiger partial charge in [-0.3, -0.25) is 4.79 Å². The zero-order valence-corrected chi connectivity index (χ0v) is 10.5. The summed E-state index contributed by atoms with van der Waals surface area (Å²) in [5.41, 5.74) is 3.27. The third-order valence-electron chi connectivity index (χ3n) is 1.95. The van der Waals surface area contributed by atoms with Gasteiger partial charge in [0.05, 0.1) is 0 Å². The highest BCUT2D eigenvalue weighted by Gasteiger charge is 2.04. The summed E-state index contributed by atoms with van der Waals surface area (Å²) in [6, 6.07) is 6.00. The summed E-state index contributed by atoms with van der Waals surface area (Å²) in [5, 5.41) is 0. The molecule has 1 aromatic rings. The first-order valence-electron chi connectivity index (χ1n) is 4.88. The van der Waals surface area contributed by atoms with Crippen LogP contribution in [0.3, 0.4) is 0 Å². The Morgan fingerprint density at radius 1 is 1.33 bits per heavy atom. The normalized spacial score (nSPS) is 8.87. The number of carbonyl (C=O) groups is 1. The highest BCUT2D eigenvalue weighted by molar-refractivity contribution is 6.17. The van der Waals surface area contributed by atoms with Crippen molar-refractivity contribution in [3.63, 3.8) is 0 Å². The second-order valence-corrected chi connectivity index (χ2v) is 3.76. The van der Waals surface area contributed by atoms with E-state index in [9.17, 15) is 4.79 Å². The molecule has 0 aromatic heterocycles. The smallest absolute Gasteiger partial charge is 0.213 e. The van der Waals surface area contributed by atoms with Gasteiger partial charge in [-0.2, -0.15) is 0 Å². The van der Waals surface area contributed by atoms with Gasteiger partial charge < -0.3 is 4.90 Å². The predicted molar refractivity (Wildman–Crippen MR) is 66.8 cm³/mol. The lowest BCUT2D eigenvalue weighted by Crippen LogP contribution is -2.16. The molecule has 1 rings (SSSR count). The Hall–Kier alpha value is -1.02. The zero-order chi connectivity index (χ0) is 11.8. The highest BCUT2D eigenvalue weighted by atomic mass is 35.5. The SMILES string of the molecule is CCCl.Cc1cccc(C)c1N(C)C=O. The van der Waals surface area contributed by atoms with Crippen LogP contribution >= 0.6 is 11.6 Å². The second-order valence-electron chi connectivity index (χ2n) is 3.22. The third kappa shape index (κ3) is 4.34. The largest absolute Gasteiger partial charge is 0.318 e. The lowest BCUT2D eigenvalue weighted by atomic mass is 10.1. The first-order chi connectivity index (χ1) is 7.08. The van der Waals surface area contributed by atoms with Crippen molar-refractivity contribution in [3.05, 3.63) is 29.3 Å². The molecule has 2 nitrogen and oxygen atoms in total. The van der Waals surface area contributed by atoms with Gasteiger partial charge in [0.25, 0.3) is 0 Å². The number of hydrogen-bond acceptors (Lipinski definition) is 1. The second kappa shape index (κ2) is 7.30. The molecule has 0 aliphatic carbocycles. The van der Waals surface area contributed by atoms with Gasteiger partial charge in [-0.05, 0) is 25.0 Å². The van der Waals surface area contributed by atoms with E-state index in [2.05, 4.69) is 0 Å². The number of halogens is 1. The number of hydrogen-bond donors (Lipinski definition) is 0. The fourth-order valence-corrected chi connectivity index (χ4v) is 1.41. The van der Waals surface area contributed by atoms with Crippen LogP contribution < -0.4 is 4.90 Å². The Labute approximate surface area is 96.9 Å². The Morgan fingerprint density at radius 2 is 1.73 bits per heavy atom. The van der Waals surface area contributed by atoms with Gasteiger partial charge in [-0.25, -0.2) is 0 Å². The predicted octanol–water partition coefficient (Wildman–Crippen LogP) is 3.14. The number of carbonyl (C=O) groups excluding carboxylic acids is 1. The molecule has 0 aliphatic heterocycles. The molecular weight excluding hydrogens is 210 g/mol. The fraction of sp³-hybridized carbons (Fsp3) is 0.417. The van der Waals surface area contributed by atoms with Gasteiger partial charge in [-0.15, -0.1) is 11.6 Å². The van der Waals surface area contributed by atoms with Crippen molar-refractivity contribution in [1.82, 2.24) is 0 Å². The number of alkyl halides is 1. The van der Waals surface area contributed by atoms with Crippen LogP contribution in [0.4, 0.5) is 5.69 Å². The molecule has 1 aromatic carbocycles. The minimum Gasteiger partial charge on any atom is -0.318 e. The Morgan fingerprint density at radius 3 is 2.07 bits per heavy atom. The minimum absolute atomic E-state index is 0.722. The molecule has 0 aliphatic rings. The molecule has 0 heterocycles. The first-order valence-corrected chi connectivity index (χ1v) is 5.42. The Kier molecular flexibility index (Phi) is 6.80. The Balaban J connectivity index is 0.000000583. The van der Waals surface area contributed by atoms with E-state index in [0.717, 1.165) is 29.1 Å². The van der Waals surface area contributed by atoms with Crippen molar-refractivity contribution in [2.24, 2.45) is 0 Å². The zero-order valence-electron chi connectivity index (χ0n) is 9.75. The van der Waals surface area contributed by atoms with E-state index in [1.54, 1.807) is 11.9 Å². The number of para-hydroxylation sites is 1. The van der Waals surface area contributed by atoms with E-state index in [-0.39, 0.29) is 0 Å². The summed E-state index contributed by atoms with van der Waals surface area (Å²) >= 11 is 5.00. The molecule has 15 heavy (non-hydrogen) atoms. The van der Waals surface area contributed by atoms with E-state index in [0.29, 0.717) is 0 Å². The molecule has 0 N–H and O–H groups in total. The maximum atomic E-state index is 10.5. The van der Waals surface area contributed by atoms with Crippen LogP contribution in [0.5, 0.6) is 0 Å². The first kappa shape index (κ1) is 14.0. The van der Waals surface area contributed by atoms with Crippen molar-refractivity contribution >= 4 is 23.7 Å². The van der Waals surface area contributed by atoms with Crippen LogP contribution in [-0.4, -0.2) is 19.3 Å². The summed E-state index contributed by atoms with van der Waals surface area (Å²) < 4.78 is 0. The molecule has 0 atom stereocenters. The Bertz CT molecular complexity index is 292. The number of amides is 1. The average Bonchev–Trinajstić information content (AvgIpc) is 2.18. The molecule has 0 saturated carbocycles. The third-order valence-corrected chi connectivity index (χ3v) is 1.95. The highest BCUT2D eigenvalue weighted by Crippen LogP contribution is 2.21.